The van der Waals surface area contributed by atoms with Crippen LogP contribution in [0.25, 0.3) is 0 Å². The standard InChI is InChI=1S/C8H15NO/c1-6(2)8(3)5-4-7(10)9-8/h6H,4-5H2,1-3H3,(H,9,10)/t8-/m0/s1. The van der Waals surface area contributed by atoms with Gasteiger partial charge in [-0.05, 0) is 19.3 Å². The van der Waals surface area contributed by atoms with E-state index < -0.39 is 0 Å². The highest BCUT2D eigenvalue weighted by molar-refractivity contribution is 5.79. The molecule has 0 aliphatic carbocycles. The summed E-state index contributed by atoms with van der Waals surface area (Å²) in [7, 11) is 0. The van der Waals surface area contributed by atoms with Gasteiger partial charge in [0, 0.05) is 12.0 Å². The van der Waals surface area contributed by atoms with Crippen LogP contribution in [-0.4, -0.2) is 11.4 Å². The van der Waals surface area contributed by atoms with Gasteiger partial charge in [0.25, 0.3) is 0 Å². The highest BCUT2D eigenvalue weighted by Gasteiger charge is 2.35. The fourth-order valence-corrected chi connectivity index (χ4v) is 1.25. The summed E-state index contributed by atoms with van der Waals surface area (Å²) < 4.78 is 0. The van der Waals surface area contributed by atoms with Gasteiger partial charge in [-0.15, -0.1) is 0 Å². The molecule has 2 nitrogen and oxygen atoms in total. The van der Waals surface area contributed by atoms with Crippen molar-refractivity contribution in [3.8, 4) is 0 Å². The summed E-state index contributed by atoms with van der Waals surface area (Å²) in [6.07, 6.45) is 1.69. The normalized spacial score (nSPS) is 33.0. The van der Waals surface area contributed by atoms with Crippen LogP contribution in [0.3, 0.4) is 0 Å². The van der Waals surface area contributed by atoms with Gasteiger partial charge in [-0.1, -0.05) is 13.8 Å². The minimum atomic E-state index is 0.0666. The molecule has 1 heterocycles. The van der Waals surface area contributed by atoms with Crippen molar-refractivity contribution in [2.75, 3.05) is 0 Å². The quantitative estimate of drug-likeness (QED) is 0.586. The summed E-state index contributed by atoms with van der Waals surface area (Å²) in [5, 5.41) is 2.99. The Morgan fingerprint density at radius 2 is 2.20 bits per heavy atom. The van der Waals surface area contributed by atoms with Crippen molar-refractivity contribution in [1.82, 2.24) is 5.32 Å². The number of amides is 1. The van der Waals surface area contributed by atoms with Gasteiger partial charge in [0.05, 0.1) is 0 Å². The highest BCUT2D eigenvalue weighted by Crippen LogP contribution is 2.26. The molecule has 1 fully saturated rings. The van der Waals surface area contributed by atoms with E-state index in [1.807, 2.05) is 0 Å². The van der Waals surface area contributed by atoms with Crippen LogP contribution in [-0.2, 0) is 4.79 Å². The number of rotatable bonds is 1. The molecule has 0 aromatic rings. The van der Waals surface area contributed by atoms with E-state index in [0.29, 0.717) is 12.3 Å². The summed E-state index contributed by atoms with van der Waals surface area (Å²) in [5.41, 5.74) is 0.0666. The van der Waals surface area contributed by atoms with Crippen LogP contribution in [0.1, 0.15) is 33.6 Å². The first-order valence-corrected chi connectivity index (χ1v) is 3.85. The molecule has 0 saturated carbocycles. The molecule has 0 aromatic carbocycles. The fourth-order valence-electron chi connectivity index (χ4n) is 1.25. The van der Waals surface area contributed by atoms with Gasteiger partial charge in [-0.3, -0.25) is 4.79 Å². The zero-order valence-electron chi connectivity index (χ0n) is 6.90. The second-order valence-corrected chi connectivity index (χ2v) is 3.62. The minimum absolute atomic E-state index is 0.0666. The van der Waals surface area contributed by atoms with E-state index in [-0.39, 0.29) is 11.4 Å². The first kappa shape index (κ1) is 7.58. The van der Waals surface area contributed by atoms with E-state index in [4.69, 9.17) is 0 Å². The number of hydrogen-bond donors (Lipinski definition) is 1. The predicted molar refractivity (Wildman–Crippen MR) is 40.6 cm³/mol. The SMILES string of the molecule is CC(C)[C@]1(C)CCC(=O)N1. The van der Waals surface area contributed by atoms with Crippen molar-refractivity contribution >= 4 is 5.91 Å². The minimum Gasteiger partial charge on any atom is -0.351 e. The Bertz CT molecular complexity index is 153. The molecule has 0 spiro atoms. The molecule has 0 unspecified atom stereocenters. The highest BCUT2D eigenvalue weighted by atomic mass is 16.2. The molecule has 10 heavy (non-hydrogen) atoms. The molecular formula is C8H15NO. The molecule has 1 N–H and O–H groups in total. The Labute approximate surface area is 62.0 Å². The summed E-state index contributed by atoms with van der Waals surface area (Å²) in [6.45, 7) is 6.40. The van der Waals surface area contributed by atoms with Gasteiger partial charge < -0.3 is 5.32 Å². The third-order valence-electron chi connectivity index (χ3n) is 2.57. The largest absolute Gasteiger partial charge is 0.351 e. The van der Waals surface area contributed by atoms with Crippen molar-refractivity contribution in [2.24, 2.45) is 5.92 Å². The molecule has 1 amide bonds. The lowest BCUT2D eigenvalue weighted by molar-refractivity contribution is -0.119. The van der Waals surface area contributed by atoms with Crippen molar-refractivity contribution in [3.05, 3.63) is 0 Å². The van der Waals surface area contributed by atoms with Gasteiger partial charge in [-0.2, -0.15) is 0 Å². The maximum atomic E-state index is 10.9. The smallest absolute Gasteiger partial charge is 0.220 e. The van der Waals surface area contributed by atoms with E-state index in [9.17, 15) is 4.79 Å². The van der Waals surface area contributed by atoms with Gasteiger partial charge >= 0.3 is 0 Å². The van der Waals surface area contributed by atoms with Crippen molar-refractivity contribution in [1.29, 1.82) is 0 Å². The van der Waals surface area contributed by atoms with Gasteiger partial charge in [0.2, 0.25) is 5.91 Å². The Hall–Kier alpha value is -0.530. The average molecular weight is 141 g/mol. The summed E-state index contributed by atoms with van der Waals surface area (Å²) in [5.74, 6) is 0.746. The molecule has 1 saturated heterocycles. The second-order valence-electron chi connectivity index (χ2n) is 3.62. The molecule has 1 atom stereocenters. The van der Waals surface area contributed by atoms with Crippen LogP contribution in [0.5, 0.6) is 0 Å². The number of carbonyl (C=O) groups is 1. The fraction of sp³-hybridized carbons (Fsp3) is 0.875. The molecule has 0 radical (unpaired) electrons. The van der Waals surface area contributed by atoms with E-state index in [2.05, 4.69) is 26.1 Å². The molecule has 1 aliphatic heterocycles. The number of hydrogen-bond acceptors (Lipinski definition) is 1. The lowest BCUT2D eigenvalue weighted by Gasteiger charge is -2.28. The summed E-state index contributed by atoms with van der Waals surface area (Å²) in [6, 6.07) is 0. The molecule has 0 bridgehead atoms. The third kappa shape index (κ3) is 1.15. The number of carbonyl (C=O) groups excluding carboxylic acids is 1. The summed E-state index contributed by atoms with van der Waals surface area (Å²) in [4.78, 5) is 10.9. The van der Waals surface area contributed by atoms with Crippen molar-refractivity contribution in [2.45, 2.75) is 39.2 Å². The van der Waals surface area contributed by atoms with E-state index in [1.54, 1.807) is 0 Å². The maximum absolute atomic E-state index is 10.9. The van der Waals surface area contributed by atoms with Crippen LogP contribution in [0, 0.1) is 5.92 Å². The van der Waals surface area contributed by atoms with Crippen LogP contribution >= 0.6 is 0 Å². The van der Waals surface area contributed by atoms with Crippen LogP contribution in [0.4, 0.5) is 0 Å². The zero-order chi connectivity index (χ0) is 7.78. The Morgan fingerprint density at radius 1 is 1.60 bits per heavy atom. The zero-order valence-corrected chi connectivity index (χ0v) is 6.90. The summed E-state index contributed by atoms with van der Waals surface area (Å²) >= 11 is 0. The van der Waals surface area contributed by atoms with E-state index >= 15 is 0 Å². The first-order chi connectivity index (χ1) is 4.54. The van der Waals surface area contributed by atoms with Gasteiger partial charge in [-0.25, -0.2) is 0 Å². The third-order valence-corrected chi connectivity index (χ3v) is 2.57. The monoisotopic (exact) mass is 141 g/mol. The molecule has 2 heteroatoms. The maximum Gasteiger partial charge on any atom is 0.220 e. The Balaban J connectivity index is 2.63. The van der Waals surface area contributed by atoms with Gasteiger partial charge in [0.15, 0.2) is 0 Å². The van der Waals surface area contributed by atoms with Crippen LogP contribution < -0.4 is 5.32 Å². The van der Waals surface area contributed by atoms with Crippen molar-refractivity contribution < 1.29 is 4.79 Å². The lowest BCUT2D eigenvalue weighted by atomic mass is 9.87. The van der Waals surface area contributed by atoms with Crippen LogP contribution in [0.15, 0.2) is 0 Å². The first-order valence-electron chi connectivity index (χ1n) is 3.85. The molecule has 58 valence electrons. The van der Waals surface area contributed by atoms with E-state index in [1.165, 1.54) is 0 Å². The van der Waals surface area contributed by atoms with Gasteiger partial charge in [0.1, 0.15) is 0 Å². The Morgan fingerprint density at radius 3 is 2.40 bits per heavy atom. The van der Waals surface area contributed by atoms with E-state index in [0.717, 1.165) is 6.42 Å². The molecule has 1 rings (SSSR count). The predicted octanol–water partition coefficient (Wildman–Crippen LogP) is 1.31. The molecule has 0 aromatic heterocycles. The van der Waals surface area contributed by atoms with Crippen LogP contribution in [0.2, 0.25) is 0 Å². The average Bonchev–Trinajstić information content (AvgIpc) is 2.13. The second kappa shape index (κ2) is 2.26. The lowest BCUT2D eigenvalue weighted by Crippen LogP contribution is -2.42. The van der Waals surface area contributed by atoms with Crippen molar-refractivity contribution in [3.63, 3.8) is 0 Å². The Kier molecular flexibility index (Phi) is 1.71. The topological polar surface area (TPSA) is 29.1 Å². The molecular weight excluding hydrogens is 126 g/mol. The molecule has 1 aliphatic rings. The number of nitrogens with one attached hydrogen (secondary N) is 1.